The van der Waals surface area contributed by atoms with Gasteiger partial charge in [0.25, 0.3) is 5.91 Å². The van der Waals surface area contributed by atoms with Crippen LogP contribution in [0.2, 0.25) is 5.02 Å². The number of aryl methyl sites for hydroxylation is 1. The molecule has 0 bridgehead atoms. The van der Waals surface area contributed by atoms with Gasteiger partial charge in [-0.25, -0.2) is 0 Å². The Hall–Kier alpha value is -1.06. The molecule has 1 amide bonds. The van der Waals surface area contributed by atoms with E-state index in [0.29, 0.717) is 17.0 Å². The summed E-state index contributed by atoms with van der Waals surface area (Å²) in [5.74, 6) is -0.0168. The molecule has 1 aromatic carbocycles. The first-order valence-electron chi connectivity index (χ1n) is 6.75. The Morgan fingerprint density at radius 3 is 3.00 bits per heavy atom. The first-order valence-corrected chi connectivity index (χ1v) is 7.12. The van der Waals surface area contributed by atoms with E-state index >= 15 is 0 Å². The van der Waals surface area contributed by atoms with Gasteiger partial charge in [0.2, 0.25) is 0 Å². The second-order valence-corrected chi connectivity index (χ2v) is 5.69. The summed E-state index contributed by atoms with van der Waals surface area (Å²) < 4.78 is 0. The number of hydrogen-bond donors (Lipinski definition) is 1. The van der Waals surface area contributed by atoms with Gasteiger partial charge in [0.1, 0.15) is 0 Å². The van der Waals surface area contributed by atoms with E-state index in [9.17, 15) is 9.90 Å². The van der Waals surface area contributed by atoms with E-state index in [1.165, 1.54) is 0 Å². The van der Waals surface area contributed by atoms with Gasteiger partial charge < -0.3 is 10.0 Å². The molecule has 19 heavy (non-hydrogen) atoms. The van der Waals surface area contributed by atoms with Gasteiger partial charge in [0.15, 0.2) is 0 Å². The third-order valence-corrected chi connectivity index (χ3v) is 4.18. The molecule has 1 N–H and O–H groups in total. The summed E-state index contributed by atoms with van der Waals surface area (Å²) in [4.78, 5) is 14.4. The molecular weight excluding hydrogens is 262 g/mol. The number of carbonyl (C=O) groups is 1. The van der Waals surface area contributed by atoms with Crippen molar-refractivity contribution in [1.29, 1.82) is 0 Å². The van der Waals surface area contributed by atoms with Gasteiger partial charge in [0.05, 0.1) is 16.7 Å². The summed E-state index contributed by atoms with van der Waals surface area (Å²) in [6.07, 6.45) is 2.20. The maximum atomic E-state index is 12.6. The van der Waals surface area contributed by atoms with E-state index < -0.39 is 0 Å². The quantitative estimate of drug-likeness (QED) is 0.925. The number of aliphatic hydroxyl groups excluding tert-OH is 1. The summed E-state index contributed by atoms with van der Waals surface area (Å²) >= 11 is 6.22. The Kier molecular flexibility index (Phi) is 4.48. The largest absolute Gasteiger partial charge is 0.393 e. The molecule has 3 nitrogen and oxygen atoms in total. The molecule has 1 fully saturated rings. The lowest BCUT2D eigenvalue weighted by Gasteiger charge is -2.26. The molecule has 0 spiro atoms. The minimum Gasteiger partial charge on any atom is -0.393 e. The topological polar surface area (TPSA) is 40.5 Å². The highest BCUT2D eigenvalue weighted by Crippen LogP contribution is 2.27. The van der Waals surface area contributed by atoms with E-state index in [-0.39, 0.29) is 18.1 Å². The van der Waals surface area contributed by atoms with Crippen molar-refractivity contribution in [2.24, 2.45) is 0 Å². The Labute approximate surface area is 119 Å². The third kappa shape index (κ3) is 3.10. The van der Waals surface area contributed by atoms with Crippen LogP contribution in [0.4, 0.5) is 0 Å². The summed E-state index contributed by atoms with van der Waals surface area (Å²) in [7, 11) is 0. The molecule has 1 aliphatic heterocycles. The van der Waals surface area contributed by atoms with Crippen molar-refractivity contribution in [3.05, 3.63) is 34.3 Å². The zero-order chi connectivity index (χ0) is 14.0. The lowest BCUT2D eigenvalue weighted by atomic mass is 10.1. The molecule has 1 heterocycles. The second-order valence-electron chi connectivity index (χ2n) is 5.32. The first-order chi connectivity index (χ1) is 9.00. The highest BCUT2D eigenvalue weighted by Gasteiger charge is 2.31. The number of amides is 1. The van der Waals surface area contributed by atoms with Crippen molar-refractivity contribution in [2.45, 2.75) is 45.3 Å². The lowest BCUT2D eigenvalue weighted by Crippen LogP contribution is -2.37. The van der Waals surface area contributed by atoms with Crippen LogP contribution in [-0.4, -0.2) is 34.6 Å². The predicted octanol–water partition coefficient (Wildman–Crippen LogP) is 3.02. The monoisotopic (exact) mass is 281 g/mol. The average Bonchev–Trinajstić information content (AvgIpc) is 2.79. The fraction of sp³-hybridized carbons (Fsp3) is 0.533. The predicted molar refractivity (Wildman–Crippen MR) is 76.5 cm³/mol. The molecule has 104 valence electrons. The molecule has 2 unspecified atom stereocenters. The van der Waals surface area contributed by atoms with Crippen LogP contribution in [0.25, 0.3) is 0 Å². The molecule has 1 aromatic rings. The van der Waals surface area contributed by atoms with E-state index in [4.69, 9.17) is 11.6 Å². The maximum Gasteiger partial charge on any atom is 0.255 e. The number of hydrogen-bond acceptors (Lipinski definition) is 2. The van der Waals surface area contributed by atoms with Crippen molar-refractivity contribution in [3.8, 4) is 0 Å². The zero-order valence-corrected chi connectivity index (χ0v) is 12.2. The van der Waals surface area contributed by atoms with Gasteiger partial charge in [-0.3, -0.25) is 4.79 Å². The zero-order valence-electron chi connectivity index (χ0n) is 11.4. The van der Waals surface area contributed by atoms with Gasteiger partial charge in [-0.2, -0.15) is 0 Å². The maximum absolute atomic E-state index is 12.6. The molecule has 1 saturated heterocycles. The van der Waals surface area contributed by atoms with Gasteiger partial charge in [-0.05, 0) is 44.7 Å². The number of rotatable bonds is 3. The standard InChI is InChI=1S/C15H20ClNO2/c1-10-5-3-7-13(14(10)16)15(19)17-8-4-6-12(17)9-11(2)18/h3,5,7,11-12,18H,4,6,8-9H2,1-2H3. The Bertz CT molecular complexity index is 473. The highest BCUT2D eigenvalue weighted by atomic mass is 35.5. The van der Waals surface area contributed by atoms with Gasteiger partial charge in [-0.1, -0.05) is 23.7 Å². The van der Waals surface area contributed by atoms with Crippen LogP contribution >= 0.6 is 11.6 Å². The van der Waals surface area contributed by atoms with Crippen LogP contribution in [0.15, 0.2) is 18.2 Å². The molecule has 0 aromatic heterocycles. The molecule has 0 aliphatic carbocycles. The van der Waals surface area contributed by atoms with Crippen molar-refractivity contribution < 1.29 is 9.90 Å². The summed E-state index contributed by atoms with van der Waals surface area (Å²) in [6.45, 7) is 4.41. The molecule has 2 atom stereocenters. The second kappa shape index (κ2) is 5.93. The molecule has 0 radical (unpaired) electrons. The number of benzene rings is 1. The number of halogens is 1. The average molecular weight is 282 g/mol. The molecule has 1 aliphatic rings. The van der Waals surface area contributed by atoms with E-state index in [1.54, 1.807) is 13.0 Å². The molecular formula is C15H20ClNO2. The number of carbonyl (C=O) groups excluding carboxylic acids is 1. The molecule has 2 rings (SSSR count). The van der Waals surface area contributed by atoms with Crippen LogP contribution in [0.5, 0.6) is 0 Å². The summed E-state index contributed by atoms with van der Waals surface area (Å²) in [5.41, 5.74) is 1.48. The van der Waals surface area contributed by atoms with E-state index in [1.807, 2.05) is 24.0 Å². The Morgan fingerprint density at radius 2 is 2.32 bits per heavy atom. The van der Waals surface area contributed by atoms with Gasteiger partial charge >= 0.3 is 0 Å². The van der Waals surface area contributed by atoms with Crippen molar-refractivity contribution in [2.75, 3.05) is 6.54 Å². The fourth-order valence-electron chi connectivity index (χ4n) is 2.71. The first kappa shape index (κ1) is 14.4. The molecule has 0 saturated carbocycles. The summed E-state index contributed by atoms with van der Waals surface area (Å²) in [5, 5.41) is 10.1. The minimum absolute atomic E-state index is 0.0168. The Morgan fingerprint density at radius 1 is 1.58 bits per heavy atom. The number of likely N-dealkylation sites (tertiary alicyclic amines) is 1. The van der Waals surface area contributed by atoms with E-state index in [0.717, 1.165) is 24.9 Å². The SMILES string of the molecule is Cc1cccc(C(=O)N2CCCC2CC(C)O)c1Cl. The summed E-state index contributed by atoms with van der Waals surface area (Å²) in [6, 6.07) is 5.66. The third-order valence-electron chi connectivity index (χ3n) is 3.67. The minimum atomic E-state index is -0.383. The number of aliphatic hydroxyl groups is 1. The van der Waals surface area contributed by atoms with Crippen LogP contribution in [0.3, 0.4) is 0 Å². The molecule has 4 heteroatoms. The fourth-order valence-corrected chi connectivity index (χ4v) is 2.92. The Balaban J connectivity index is 2.21. The van der Waals surface area contributed by atoms with Crippen LogP contribution in [0, 0.1) is 6.92 Å². The smallest absolute Gasteiger partial charge is 0.255 e. The number of nitrogens with zero attached hydrogens (tertiary/aromatic N) is 1. The highest BCUT2D eigenvalue weighted by molar-refractivity contribution is 6.34. The van der Waals surface area contributed by atoms with Gasteiger partial charge in [-0.15, -0.1) is 0 Å². The van der Waals surface area contributed by atoms with Crippen molar-refractivity contribution in [1.82, 2.24) is 4.90 Å². The normalized spacial score (nSPS) is 20.6. The van der Waals surface area contributed by atoms with Gasteiger partial charge in [0, 0.05) is 12.6 Å². The van der Waals surface area contributed by atoms with Crippen molar-refractivity contribution in [3.63, 3.8) is 0 Å². The lowest BCUT2D eigenvalue weighted by molar-refractivity contribution is 0.0682. The van der Waals surface area contributed by atoms with Crippen molar-refractivity contribution >= 4 is 17.5 Å². The van der Waals surface area contributed by atoms with Crippen LogP contribution in [0.1, 0.15) is 42.1 Å². The van der Waals surface area contributed by atoms with Crippen LogP contribution in [-0.2, 0) is 0 Å². The van der Waals surface area contributed by atoms with E-state index in [2.05, 4.69) is 0 Å². The van der Waals surface area contributed by atoms with Crippen LogP contribution < -0.4 is 0 Å².